The molecule has 2 heterocycles. The van der Waals surface area contributed by atoms with E-state index in [0.717, 1.165) is 27.2 Å². The molecular weight excluding hydrogens is 394 g/mol. The first kappa shape index (κ1) is 18.2. The summed E-state index contributed by atoms with van der Waals surface area (Å²) in [5, 5.41) is 14.9. The Morgan fingerprint density at radius 3 is 2.71 bits per heavy atom. The molecule has 4 rings (SSSR count). The minimum absolute atomic E-state index is 0.147. The monoisotopic (exact) mass is 407 g/mol. The van der Waals surface area contributed by atoms with Crippen LogP contribution in [-0.2, 0) is 11.3 Å². The summed E-state index contributed by atoms with van der Waals surface area (Å²) in [5.74, 6) is -0.393. The van der Waals surface area contributed by atoms with Crippen molar-refractivity contribution in [3.05, 3.63) is 81.3 Å². The van der Waals surface area contributed by atoms with Gasteiger partial charge in [-0.25, -0.2) is 9.48 Å². The lowest BCUT2D eigenvalue weighted by Crippen LogP contribution is -2.03. The zero-order valence-corrected chi connectivity index (χ0v) is 16.4. The Balaban J connectivity index is 1.59. The lowest BCUT2D eigenvalue weighted by atomic mass is 10.2. The lowest BCUT2D eigenvalue weighted by molar-refractivity contribution is 0.0478. The second-order valence-corrected chi connectivity index (χ2v) is 7.60. The molecule has 7 heteroatoms. The number of rotatable bonds is 4. The molecule has 5 nitrogen and oxygen atoms in total. The Morgan fingerprint density at radius 2 is 2.00 bits per heavy atom. The zero-order valence-electron chi connectivity index (χ0n) is 14.8. The van der Waals surface area contributed by atoms with E-state index >= 15 is 0 Å². The zero-order chi connectivity index (χ0) is 19.7. The molecule has 0 N–H and O–H groups in total. The predicted octanol–water partition coefficient (Wildman–Crippen LogP) is 5.28. The van der Waals surface area contributed by atoms with Crippen molar-refractivity contribution in [1.29, 1.82) is 5.26 Å². The molecule has 0 saturated heterocycles. The van der Waals surface area contributed by atoms with Crippen molar-refractivity contribution in [3.63, 3.8) is 0 Å². The SMILES string of the molecule is Cc1nn(-c2ccccc2Cl)c2sc(C(=O)OCc3ccc(C#N)cc3)cc12. The van der Waals surface area contributed by atoms with Gasteiger partial charge in [0.2, 0.25) is 0 Å². The minimum atomic E-state index is -0.393. The van der Waals surface area contributed by atoms with Crippen molar-refractivity contribution >= 4 is 39.1 Å². The van der Waals surface area contributed by atoms with Crippen molar-refractivity contribution < 1.29 is 9.53 Å². The number of thiophene rings is 1. The number of carbonyl (C=O) groups excluding carboxylic acids is 1. The number of halogens is 1. The van der Waals surface area contributed by atoms with Crippen LogP contribution in [0.2, 0.25) is 5.02 Å². The number of hydrogen-bond donors (Lipinski definition) is 0. The average molecular weight is 408 g/mol. The number of nitriles is 1. The third-order valence-corrected chi connectivity index (χ3v) is 5.69. The van der Waals surface area contributed by atoms with Gasteiger partial charge in [0.1, 0.15) is 16.3 Å². The first-order chi connectivity index (χ1) is 13.6. The van der Waals surface area contributed by atoms with Gasteiger partial charge < -0.3 is 4.74 Å². The molecule has 0 aliphatic rings. The molecule has 0 saturated carbocycles. The van der Waals surface area contributed by atoms with Crippen molar-refractivity contribution in [2.75, 3.05) is 0 Å². The van der Waals surface area contributed by atoms with Gasteiger partial charge in [-0.05, 0) is 42.8 Å². The molecule has 0 aliphatic carbocycles. The van der Waals surface area contributed by atoms with Crippen LogP contribution in [0.5, 0.6) is 0 Å². The molecule has 0 fully saturated rings. The van der Waals surface area contributed by atoms with E-state index in [0.29, 0.717) is 15.5 Å². The number of fused-ring (bicyclic) bond motifs is 1. The maximum absolute atomic E-state index is 12.5. The summed E-state index contributed by atoms with van der Waals surface area (Å²) in [6.07, 6.45) is 0. The van der Waals surface area contributed by atoms with Crippen molar-refractivity contribution in [1.82, 2.24) is 9.78 Å². The van der Waals surface area contributed by atoms with Gasteiger partial charge in [0, 0.05) is 5.39 Å². The number of benzene rings is 2. The summed E-state index contributed by atoms with van der Waals surface area (Å²) in [4.78, 5) is 13.9. The number of aryl methyl sites for hydroxylation is 1. The van der Waals surface area contributed by atoms with E-state index in [1.807, 2.05) is 25.1 Å². The average Bonchev–Trinajstić information content (AvgIpc) is 3.28. The van der Waals surface area contributed by atoms with Crippen LogP contribution >= 0.6 is 22.9 Å². The van der Waals surface area contributed by atoms with Crippen LogP contribution in [-0.4, -0.2) is 15.7 Å². The second kappa shape index (κ2) is 7.47. The molecule has 2 aromatic heterocycles. The van der Waals surface area contributed by atoms with E-state index in [-0.39, 0.29) is 6.61 Å². The predicted molar refractivity (Wildman–Crippen MR) is 109 cm³/mol. The Labute approximate surface area is 170 Å². The maximum Gasteiger partial charge on any atom is 0.348 e. The fraction of sp³-hybridized carbons (Fsp3) is 0.0952. The standard InChI is InChI=1S/C21H14ClN3O2S/c1-13-16-10-19(21(26)27-12-15-8-6-14(11-23)7-9-15)28-20(16)25(24-13)18-5-3-2-4-17(18)22/h2-10H,12H2,1H3. The summed E-state index contributed by atoms with van der Waals surface area (Å²) >= 11 is 7.63. The lowest BCUT2D eigenvalue weighted by Gasteiger charge is -2.05. The number of nitrogens with zero attached hydrogens (tertiary/aromatic N) is 3. The van der Waals surface area contributed by atoms with Gasteiger partial charge >= 0.3 is 5.97 Å². The Morgan fingerprint density at radius 1 is 1.25 bits per heavy atom. The highest BCUT2D eigenvalue weighted by Gasteiger charge is 2.19. The summed E-state index contributed by atoms with van der Waals surface area (Å²) < 4.78 is 7.19. The number of carbonyl (C=O) groups is 1. The quantitative estimate of drug-likeness (QED) is 0.432. The molecule has 0 unspecified atom stereocenters. The number of aromatic nitrogens is 2. The van der Waals surface area contributed by atoms with E-state index < -0.39 is 5.97 Å². The Bertz CT molecular complexity index is 1220. The fourth-order valence-corrected chi connectivity index (χ4v) is 4.12. The molecule has 0 atom stereocenters. The highest BCUT2D eigenvalue weighted by molar-refractivity contribution is 7.20. The van der Waals surface area contributed by atoms with Gasteiger partial charge in [-0.3, -0.25) is 0 Å². The van der Waals surface area contributed by atoms with Gasteiger partial charge in [0.15, 0.2) is 0 Å². The van der Waals surface area contributed by atoms with E-state index in [4.69, 9.17) is 21.6 Å². The Hall–Kier alpha value is -3.14. The van der Waals surface area contributed by atoms with Crippen LogP contribution in [0.15, 0.2) is 54.6 Å². The number of hydrogen-bond acceptors (Lipinski definition) is 5. The summed E-state index contributed by atoms with van der Waals surface area (Å²) in [6, 6.07) is 18.3. The summed E-state index contributed by atoms with van der Waals surface area (Å²) in [7, 11) is 0. The van der Waals surface area contributed by atoms with Crippen LogP contribution in [0.25, 0.3) is 15.9 Å². The first-order valence-electron chi connectivity index (χ1n) is 8.47. The smallest absolute Gasteiger partial charge is 0.348 e. The van der Waals surface area contributed by atoms with Crippen molar-refractivity contribution in [2.45, 2.75) is 13.5 Å². The topological polar surface area (TPSA) is 67.9 Å². The molecule has 138 valence electrons. The van der Waals surface area contributed by atoms with Gasteiger partial charge in [0.25, 0.3) is 0 Å². The molecule has 0 aliphatic heterocycles. The highest BCUT2D eigenvalue weighted by Crippen LogP contribution is 2.32. The van der Waals surface area contributed by atoms with Crippen LogP contribution in [0.1, 0.15) is 26.5 Å². The molecule has 0 bridgehead atoms. The van der Waals surface area contributed by atoms with Crippen molar-refractivity contribution in [2.24, 2.45) is 0 Å². The number of ether oxygens (including phenoxy) is 1. The van der Waals surface area contributed by atoms with E-state index in [1.54, 1.807) is 41.1 Å². The number of para-hydroxylation sites is 1. The third kappa shape index (κ3) is 3.38. The van der Waals surface area contributed by atoms with Crippen LogP contribution in [0.4, 0.5) is 0 Å². The van der Waals surface area contributed by atoms with Gasteiger partial charge in [0.05, 0.1) is 28.0 Å². The molecule has 4 aromatic rings. The fourth-order valence-electron chi connectivity index (χ4n) is 2.83. The van der Waals surface area contributed by atoms with Gasteiger partial charge in [-0.2, -0.15) is 10.4 Å². The van der Waals surface area contributed by atoms with Gasteiger partial charge in [-0.1, -0.05) is 35.9 Å². The van der Waals surface area contributed by atoms with Crippen LogP contribution in [0.3, 0.4) is 0 Å². The maximum atomic E-state index is 12.5. The molecular formula is C21H14ClN3O2S. The minimum Gasteiger partial charge on any atom is -0.457 e. The number of esters is 1. The van der Waals surface area contributed by atoms with E-state index in [1.165, 1.54) is 11.3 Å². The summed E-state index contributed by atoms with van der Waals surface area (Å²) in [5.41, 5.74) is 2.98. The second-order valence-electron chi connectivity index (χ2n) is 6.16. The normalized spacial score (nSPS) is 10.8. The Kier molecular flexibility index (Phi) is 4.86. The highest BCUT2D eigenvalue weighted by atomic mass is 35.5. The molecule has 0 spiro atoms. The molecule has 2 aromatic carbocycles. The molecule has 28 heavy (non-hydrogen) atoms. The molecule has 0 radical (unpaired) electrons. The van der Waals surface area contributed by atoms with E-state index in [2.05, 4.69) is 11.2 Å². The van der Waals surface area contributed by atoms with Crippen LogP contribution < -0.4 is 0 Å². The van der Waals surface area contributed by atoms with E-state index in [9.17, 15) is 4.79 Å². The van der Waals surface area contributed by atoms with Gasteiger partial charge in [-0.15, -0.1) is 11.3 Å². The van der Waals surface area contributed by atoms with Crippen LogP contribution in [0, 0.1) is 18.3 Å². The van der Waals surface area contributed by atoms with Crippen molar-refractivity contribution in [3.8, 4) is 11.8 Å². The third-order valence-electron chi connectivity index (χ3n) is 4.28. The first-order valence-corrected chi connectivity index (χ1v) is 9.66. The largest absolute Gasteiger partial charge is 0.457 e. The molecule has 0 amide bonds. The summed E-state index contributed by atoms with van der Waals surface area (Å²) in [6.45, 7) is 2.04.